The second-order valence-electron chi connectivity index (χ2n) is 11.8. The Hall–Kier alpha value is -6.37. The molecule has 246 valence electrons. The van der Waals surface area contributed by atoms with Crippen LogP contribution in [0.4, 0.5) is 24.7 Å². The number of nitrogens with zero attached hydrogens (tertiary/aromatic N) is 3. The van der Waals surface area contributed by atoms with Gasteiger partial charge in [-0.05, 0) is 77.2 Å². The number of nitrogens with two attached hydrogens (primary N) is 2. The van der Waals surface area contributed by atoms with E-state index in [1.807, 2.05) is 49.4 Å². The molecule has 49 heavy (non-hydrogen) atoms. The van der Waals surface area contributed by atoms with E-state index in [9.17, 15) is 22.8 Å². The van der Waals surface area contributed by atoms with Crippen molar-refractivity contribution >= 4 is 45.2 Å². The maximum atomic E-state index is 13.0. The average Bonchev–Trinajstić information content (AvgIpc) is 3.84. The number of nitrogens with one attached hydrogen (secondary N) is 2. The molecule has 0 radical (unpaired) electrons. The second kappa shape index (κ2) is 11.7. The number of nitrogen functional groups attached to an aromatic ring is 2. The Kier molecular flexibility index (Phi) is 7.46. The van der Waals surface area contributed by atoms with Gasteiger partial charge in [0.15, 0.2) is 0 Å². The van der Waals surface area contributed by atoms with Gasteiger partial charge in [-0.3, -0.25) is 4.79 Å². The molecule has 3 heterocycles. The zero-order valence-electron chi connectivity index (χ0n) is 25.9. The van der Waals surface area contributed by atoms with Crippen LogP contribution in [0.25, 0.3) is 38.8 Å². The number of anilines is 2. The first kappa shape index (κ1) is 31.2. The number of carbonyl (C=O) groups excluding carboxylic acids is 1. The summed E-state index contributed by atoms with van der Waals surface area (Å²) in [5.74, 6) is -0.344. The normalized spacial score (nSPS) is 12.1. The molecule has 8 rings (SSSR count). The highest BCUT2D eigenvalue weighted by atomic mass is 19.4. The highest BCUT2D eigenvalue weighted by molar-refractivity contribution is 6.12. The van der Waals surface area contributed by atoms with Crippen LogP contribution in [0.5, 0.6) is 0 Å². The molecule has 0 unspecified atom stereocenters. The van der Waals surface area contributed by atoms with Crippen LogP contribution in [-0.4, -0.2) is 47.8 Å². The van der Waals surface area contributed by atoms with E-state index >= 15 is 0 Å². The number of fused-ring (bicyclic) bond motifs is 5. The Morgan fingerprint density at radius 3 is 2.51 bits per heavy atom. The number of hydrogen-bond acceptors (Lipinski definition) is 6. The monoisotopic (exact) mass is 663 g/mol. The van der Waals surface area contributed by atoms with Gasteiger partial charge < -0.3 is 26.5 Å². The van der Waals surface area contributed by atoms with Gasteiger partial charge >= 0.3 is 12.1 Å². The topological polar surface area (TPSA) is 169 Å². The van der Waals surface area contributed by atoms with E-state index in [0.29, 0.717) is 28.7 Å². The number of hydrogen-bond donors (Lipinski definition) is 5. The SMILES string of the molecule is Cc1nc2ccc(-n3ncc(C(=O)c4cc5cc(C(=O)O)ccc5[nH]4)c3N)cc2[nH]1.Nc1c(CC(F)(F)F)ccc2c1Cc1ccccc1-2. The Morgan fingerprint density at radius 2 is 1.73 bits per heavy atom. The number of ketones is 1. The van der Waals surface area contributed by atoms with Crippen molar-refractivity contribution in [2.24, 2.45) is 0 Å². The van der Waals surface area contributed by atoms with Gasteiger partial charge in [-0.15, -0.1) is 0 Å². The summed E-state index contributed by atoms with van der Waals surface area (Å²) in [6, 6.07) is 22.8. The number of alkyl halides is 3. The first-order chi connectivity index (χ1) is 23.4. The maximum absolute atomic E-state index is 13.0. The molecule has 0 atom stereocenters. The minimum absolute atomic E-state index is 0.150. The molecule has 7 aromatic rings. The van der Waals surface area contributed by atoms with E-state index in [1.54, 1.807) is 18.2 Å². The van der Waals surface area contributed by atoms with Crippen LogP contribution in [0.3, 0.4) is 0 Å². The van der Waals surface area contributed by atoms with Crippen molar-refractivity contribution in [2.45, 2.75) is 25.9 Å². The first-order valence-electron chi connectivity index (χ1n) is 15.1. The molecule has 0 aliphatic heterocycles. The largest absolute Gasteiger partial charge is 0.478 e. The van der Waals surface area contributed by atoms with E-state index in [4.69, 9.17) is 16.6 Å². The number of aromatic amines is 2. The number of rotatable bonds is 5. The number of imidazole rings is 1. The molecule has 0 saturated carbocycles. The minimum Gasteiger partial charge on any atom is -0.478 e. The fourth-order valence-corrected chi connectivity index (χ4v) is 6.18. The van der Waals surface area contributed by atoms with Gasteiger partial charge in [0.25, 0.3) is 0 Å². The van der Waals surface area contributed by atoms with Crippen molar-refractivity contribution in [2.75, 3.05) is 11.5 Å². The summed E-state index contributed by atoms with van der Waals surface area (Å²) in [7, 11) is 0. The van der Waals surface area contributed by atoms with E-state index in [-0.39, 0.29) is 34.0 Å². The lowest BCUT2D eigenvalue weighted by Crippen LogP contribution is -2.13. The van der Waals surface area contributed by atoms with E-state index in [0.717, 1.165) is 39.1 Å². The van der Waals surface area contributed by atoms with Crippen LogP contribution in [0.15, 0.2) is 85.1 Å². The summed E-state index contributed by atoms with van der Waals surface area (Å²) in [5.41, 5.74) is 20.3. The lowest BCUT2D eigenvalue weighted by Gasteiger charge is -2.12. The third-order valence-electron chi connectivity index (χ3n) is 8.50. The summed E-state index contributed by atoms with van der Waals surface area (Å²) in [5, 5.41) is 14.1. The number of halogens is 3. The summed E-state index contributed by atoms with van der Waals surface area (Å²) < 4.78 is 38.9. The molecule has 0 bridgehead atoms. The van der Waals surface area contributed by atoms with Gasteiger partial charge in [0.2, 0.25) is 5.78 Å². The minimum atomic E-state index is -4.23. The molecule has 3 aromatic heterocycles. The molecule has 0 amide bonds. The van der Waals surface area contributed by atoms with E-state index in [1.165, 1.54) is 29.1 Å². The van der Waals surface area contributed by atoms with Crippen molar-refractivity contribution in [3.63, 3.8) is 0 Å². The third-order valence-corrected chi connectivity index (χ3v) is 8.50. The third kappa shape index (κ3) is 5.86. The molecule has 10 nitrogen and oxygen atoms in total. The summed E-state index contributed by atoms with van der Waals surface area (Å²) in [6.45, 7) is 1.87. The lowest BCUT2D eigenvalue weighted by atomic mass is 9.99. The predicted octanol–water partition coefficient (Wildman–Crippen LogP) is 6.99. The molecule has 1 aliphatic carbocycles. The highest BCUT2D eigenvalue weighted by Crippen LogP contribution is 2.41. The molecule has 0 spiro atoms. The summed E-state index contributed by atoms with van der Waals surface area (Å²) in [6.07, 6.45) is -3.16. The smallest absolute Gasteiger partial charge is 0.393 e. The quantitative estimate of drug-likeness (QED) is 0.0976. The molecular formula is C36H28F3N7O3. The molecule has 7 N–H and O–H groups in total. The van der Waals surface area contributed by atoms with Crippen molar-refractivity contribution < 1.29 is 27.9 Å². The van der Waals surface area contributed by atoms with Crippen LogP contribution >= 0.6 is 0 Å². The summed E-state index contributed by atoms with van der Waals surface area (Å²) in [4.78, 5) is 34.7. The number of aromatic nitrogens is 5. The number of H-pyrrole nitrogens is 2. The number of carbonyl (C=O) groups is 2. The van der Waals surface area contributed by atoms with Crippen LogP contribution in [-0.2, 0) is 12.8 Å². The number of benzene rings is 4. The molecule has 4 aromatic carbocycles. The Morgan fingerprint density at radius 1 is 0.939 bits per heavy atom. The van der Waals surface area contributed by atoms with Gasteiger partial charge in [0.05, 0.1) is 46.2 Å². The number of aromatic carboxylic acids is 1. The second-order valence-corrected chi connectivity index (χ2v) is 11.8. The number of carboxylic acid groups (broad SMARTS) is 1. The van der Waals surface area contributed by atoms with Gasteiger partial charge in [-0.25, -0.2) is 14.5 Å². The maximum Gasteiger partial charge on any atom is 0.393 e. The zero-order valence-corrected chi connectivity index (χ0v) is 25.9. The zero-order chi connectivity index (χ0) is 34.6. The van der Waals surface area contributed by atoms with Crippen molar-refractivity contribution in [3.8, 4) is 16.8 Å². The first-order valence-corrected chi connectivity index (χ1v) is 15.1. The fourth-order valence-electron chi connectivity index (χ4n) is 6.18. The Bertz CT molecular complexity index is 2440. The lowest BCUT2D eigenvalue weighted by molar-refractivity contribution is -0.127. The standard InChI is InChI=1S/C21H16N6O3.C15H12F3N/c1-10-24-16-5-3-13(8-17(16)25-10)27-20(22)14(9-23-27)19(28)18-7-12-6-11(21(29)30)2-4-15(12)26-18;16-15(17,18)8-10-5-6-12-11-4-2-1-3-9(11)7-13(12)14(10)19/h2-9,26H,22H2,1H3,(H,24,25)(H,29,30);1-6H,7-8,19H2. The van der Waals surface area contributed by atoms with Crippen molar-refractivity contribution in [3.05, 3.63) is 124 Å². The van der Waals surface area contributed by atoms with Crippen LogP contribution in [0, 0.1) is 6.92 Å². The van der Waals surface area contributed by atoms with Gasteiger partial charge in [0, 0.05) is 23.0 Å². The molecule has 1 aliphatic rings. The van der Waals surface area contributed by atoms with Gasteiger partial charge in [-0.1, -0.05) is 36.4 Å². The van der Waals surface area contributed by atoms with Crippen LogP contribution in [0.1, 0.15) is 48.9 Å². The van der Waals surface area contributed by atoms with Crippen LogP contribution in [0.2, 0.25) is 0 Å². The molecule has 0 saturated heterocycles. The Labute approximate surface area is 276 Å². The predicted molar refractivity (Wildman–Crippen MR) is 180 cm³/mol. The van der Waals surface area contributed by atoms with Crippen molar-refractivity contribution in [1.82, 2.24) is 24.7 Å². The highest BCUT2D eigenvalue weighted by Gasteiger charge is 2.30. The van der Waals surface area contributed by atoms with Crippen LogP contribution < -0.4 is 11.5 Å². The summed E-state index contributed by atoms with van der Waals surface area (Å²) >= 11 is 0. The number of carboxylic acids is 1. The number of aryl methyl sites for hydroxylation is 1. The van der Waals surface area contributed by atoms with Crippen molar-refractivity contribution in [1.29, 1.82) is 0 Å². The molecule has 0 fully saturated rings. The fraction of sp³-hybridized carbons (Fsp3) is 0.111. The van der Waals surface area contributed by atoms with Gasteiger partial charge in [-0.2, -0.15) is 18.3 Å². The molecule has 13 heteroatoms. The Balaban J connectivity index is 0.000000171. The molecular weight excluding hydrogens is 635 g/mol. The van der Waals surface area contributed by atoms with Gasteiger partial charge in [0.1, 0.15) is 11.6 Å². The van der Waals surface area contributed by atoms with E-state index in [2.05, 4.69) is 20.1 Å². The average molecular weight is 664 g/mol. The van der Waals surface area contributed by atoms with E-state index < -0.39 is 18.6 Å².